The molecule has 33 heavy (non-hydrogen) atoms. The molecule has 3 aromatic rings. The summed E-state index contributed by atoms with van der Waals surface area (Å²) in [7, 11) is -3.66. The minimum absolute atomic E-state index is 0.0209. The molecule has 0 amide bonds. The fourth-order valence-corrected chi connectivity index (χ4v) is 3.90. The van der Waals surface area contributed by atoms with Crippen LogP contribution >= 0.6 is 11.6 Å². The quantitative estimate of drug-likeness (QED) is 0.391. The van der Waals surface area contributed by atoms with Crippen molar-refractivity contribution in [2.24, 2.45) is 0 Å². The van der Waals surface area contributed by atoms with Gasteiger partial charge in [0.1, 0.15) is 10.8 Å². The number of aromatic nitrogens is 2. The molecule has 0 spiro atoms. The second-order valence-electron chi connectivity index (χ2n) is 7.49. The van der Waals surface area contributed by atoms with Gasteiger partial charge in [0.05, 0.1) is 11.9 Å². The number of nitrogens with one attached hydrogen (secondary N) is 2. The summed E-state index contributed by atoms with van der Waals surface area (Å²) in [6, 6.07) is 8.97. The van der Waals surface area contributed by atoms with Gasteiger partial charge >= 0.3 is 0 Å². The van der Waals surface area contributed by atoms with E-state index in [2.05, 4.69) is 27.2 Å². The Kier molecular flexibility index (Phi) is 7.14. The monoisotopic (exact) mass is 488 g/mol. The maximum atomic E-state index is 13.8. The molecular formula is C23H22ClFN4O3S. The Bertz CT molecular complexity index is 1360. The van der Waals surface area contributed by atoms with Gasteiger partial charge in [-0.25, -0.2) is 17.8 Å². The molecule has 0 radical (unpaired) electrons. The van der Waals surface area contributed by atoms with Crippen LogP contribution in [0.25, 0.3) is 0 Å². The van der Waals surface area contributed by atoms with Gasteiger partial charge in [0, 0.05) is 21.8 Å². The number of ketones is 1. The van der Waals surface area contributed by atoms with Crippen molar-refractivity contribution in [1.29, 1.82) is 0 Å². The molecule has 0 aliphatic rings. The summed E-state index contributed by atoms with van der Waals surface area (Å²) >= 11 is 6.25. The van der Waals surface area contributed by atoms with Gasteiger partial charge < -0.3 is 10.6 Å². The number of sulfone groups is 1. The highest BCUT2D eigenvalue weighted by molar-refractivity contribution is 7.94. The third-order valence-electron chi connectivity index (χ3n) is 4.83. The summed E-state index contributed by atoms with van der Waals surface area (Å²) in [5.41, 5.74) is 2.57. The van der Waals surface area contributed by atoms with E-state index in [1.807, 2.05) is 6.92 Å². The predicted octanol–water partition coefficient (Wildman–Crippen LogP) is 5.72. The number of carbonyl (C=O) groups excluding carboxylic acids is 1. The van der Waals surface area contributed by atoms with Crippen molar-refractivity contribution < 1.29 is 17.6 Å². The summed E-state index contributed by atoms with van der Waals surface area (Å²) in [6.45, 7) is 8.20. The number of nitrogens with zero attached hydrogens (tertiary/aromatic N) is 2. The summed E-state index contributed by atoms with van der Waals surface area (Å²) < 4.78 is 38.5. The normalized spacial score (nSPS) is 11.2. The maximum absolute atomic E-state index is 13.8. The lowest BCUT2D eigenvalue weighted by atomic mass is 10.1. The molecule has 2 aromatic carbocycles. The molecule has 172 valence electrons. The zero-order valence-electron chi connectivity index (χ0n) is 18.2. The minimum atomic E-state index is -3.66. The van der Waals surface area contributed by atoms with E-state index in [1.54, 1.807) is 18.2 Å². The lowest BCUT2D eigenvalue weighted by molar-refractivity contribution is 0.101. The van der Waals surface area contributed by atoms with Crippen molar-refractivity contribution in [2.45, 2.75) is 26.5 Å². The number of halogens is 2. The number of hydrogen-bond donors (Lipinski definition) is 2. The Morgan fingerprint density at radius 2 is 1.85 bits per heavy atom. The van der Waals surface area contributed by atoms with Crippen LogP contribution in [0.4, 0.5) is 27.5 Å². The van der Waals surface area contributed by atoms with Crippen LogP contribution in [0.5, 0.6) is 0 Å². The number of benzene rings is 2. The van der Waals surface area contributed by atoms with Gasteiger partial charge in [-0.3, -0.25) is 4.79 Å². The van der Waals surface area contributed by atoms with Gasteiger partial charge in [-0.2, -0.15) is 4.98 Å². The van der Waals surface area contributed by atoms with E-state index in [0.717, 1.165) is 11.6 Å². The molecule has 0 atom stereocenters. The topological polar surface area (TPSA) is 101 Å². The number of Topliss-reactive ketones (excluding diaryl/α,β-unsaturated/α-hetero) is 1. The first-order valence-electron chi connectivity index (χ1n) is 9.81. The number of hydrogen-bond acceptors (Lipinski definition) is 7. The molecule has 0 bridgehead atoms. The highest BCUT2D eigenvalue weighted by Gasteiger charge is 2.18. The number of carbonyl (C=O) groups is 1. The summed E-state index contributed by atoms with van der Waals surface area (Å²) in [5.74, 6) is -0.706. The number of rotatable bonds is 8. The smallest absolute Gasteiger partial charge is 0.229 e. The van der Waals surface area contributed by atoms with Crippen molar-refractivity contribution in [3.8, 4) is 0 Å². The van der Waals surface area contributed by atoms with Crippen LogP contribution in [0, 0.1) is 12.7 Å². The van der Waals surface area contributed by atoms with Crippen LogP contribution in [0.2, 0.25) is 5.02 Å². The van der Waals surface area contributed by atoms with E-state index in [4.69, 9.17) is 11.6 Å². The fraction of sp³-hybridized carbons (Fsp3) is 0.174. The molecule has 10 heteroatoms. The second-order valence-corrected chi connectivity index (χ2v) is 10.1. The third-order valence-corrected chi connectivity index (χ3v) is 6.86. The van der Waals surface area contributed by atoms with Gasteiger partial charge in [-0.05, 0) is 56.2 Å². The highest BCUT2D eigenvalue weighted by atomic mass is 35.5. The summed E-state index contributed by atoms with van der Waals surface area (Å²) in [5, 5.41) is 6.19. The highest BCUT2D eigenvalue weighted by Crippen LogP contribution is 2.29. The van der Waals surface area contributed by atoms with E-state index in [-0.39, 0.29) is 33.0 Å². The van der Waals surface area contributed by atoms with Gasteiger partial charge in [0.25, 0.3) is 0 Å². The van der Waals surface area contributed by atoms with Crippen LogP contribution in [-0.2, 0) is 15.6 Å². The second kappa shape index (κ2) is 9.68. The standard InChI is InChI=1S/C23H22ClFN4O3S/c1-13(2)33(31,32)12-17-9-18(25)7-8-20(17)27-22-19(24)11-26-23(29-22)28-21-10-16(15(4)30)6-5-14(21)3/h5-11H,1,12H2,2-4H3,(H2,26,27,28,29). The lowest BCUT2D eigenvalue weighted by Gasteiger charge is -2.15. The molecule has 0 aliphatic carbocycles. The molecule has 1 heterocycles. The first-order chi connectivity index (χ1) is 15.5. The zero-order valence-corrected chi connectivity index (χ0v) is 19.8. The van der Waals surface area contributed by atoms with Crippen molar-refractivity contribution in [3.63, 3.8) is 0 Å². The van der Waals surface area contributed by atoms with Crippen LogP contribution in [0.1, 0.15) is 35.3 Å². The van der Waals surface area contributed by atoms with E-state index in [1.165, 1.54) is 32.2 Å². The van der Waals surface area contributed by atoms with Gasteiger partial charge in [0.15, 0.2) is 21.4 Å². The molecule has 7 nitrogen and oxygen atoms in total. The van der Waals surface area contributed by atoms with E-state index in [9.17, 15) is 17.6 Å². The first-order valence-corrected chi connectivity index (χ1v) is 11.8. The molecule has 0 aliphatic heterocycles. The van der Waals surface area contributed by atoms with Crippen molar-refractivity contribution in [1.82, 2.24) is 9.97 Å². The van der Waals surface area contributed by atoms with Gasteiger partial charge in [-0.1, -0.05) is 30.3 Å². The van der Waals surface area contributed by atoms with E-state index < -0.39 is 21.4 Å². The molecule has 0 unspecified atom stereocenters. The molecule has 0 saturated heterocycles. The van der Waals surface area contributed by atoms with Crippen molar-refractivity contribution in [3.05, 3.63) is 81.6 Å². The fourth-order valence-electron chi connectivity index (χ4n) is 2.87. The predicted molar refractivity (Wildman–Crippen MR) is 129 cm³/mol. The lowest BCUT2D eigenvalue weighted by Crippen LogP contribution is -2.08. The van der Waals surface area contributed by atoms with Gasteiger partial charge in [-0.15, -0.1) is 0 Å². The van der Waals surface area contributed by atoms with Gasteiger partial charge in [0.2, 0.25) is 5.95 Å². The Hall–Kier alpha value is -3.30. The molecule has 0 fully saturated rings. The molecule has 1 aromatic heterocycles. The maximum Gasteiger partial charge on any atom is 0.229 e. The Labute approximate surface area is 196 Å². The number of aryl methyl sites for hydroxylation is 1. The molecule has 0 saturated carbocycles. The minimum Gasteiger partial charge on any atom is -0.339 e. The average molecular weight is 489 g/mol. The van der Waals surface area contributed by atoms with Crippen LogP contribution < -0.4 is 10.6 Å². The van der Waals surface area contributed by atoms with E-state index in [0.29, 0.717) is 16.9 Å². The largest absolute Gasteiger partial charge is 0.339 e. The van der Waals surface area contributed by atoms with Crippen LogP contribution in [-0.4, -0.2) is 24.2 Å². The molecular weight excluding hydrogens is 467 g/mol. The molecule has 2 N–H and O–H groups in total. The summed E-state index contributed by atoms with van der Waals surface area (Å²) in [4.78, 5) is 20.2. The number of allylic oxidation sites excluding steroid dienone is 1. The zero-order chi connectivity index (χ0) is 24.3. The average Bonchev–Trinajstić information content (AvgIpc) is 2.73. The molecule has 3 rings (SSSR count). The van der Waals surface area contributed by atoms with Crippen molar-refractivity contribution >= 4 is 50.4 Å². The van der Waals surface area contributed by atoms with Crippen LogP contribution in [0.15, 0.2) is 54.1 Å². The Balaban J connectivity index is 1.94. The Morgan fingerprint density at radius 1 is 1.12 bits per heavy atom. The third kappa shape index (κ3) is 5.94. The van der Waals surface area contributed by atoms with Crippen molar-refractivity contribution in [2.75, 3.05) is 10.6 Å². The van der Waals surface area contributed by atoms with Crippen LogP contribution in [0.3, 0.4) is 0 Å². The summed E-state index contributed by atoms with van der Waals surface area (Å²) in [6.07, 6.45) is 1.37. The SMILES string of the molecule is C=C(C)S(=O)(=O)Cc1cc(F)ccc1Nc1nc(Nc2cc(C(C)=O)ccc2C)ncc1Cl. The van der Waals surface area contributed by atoms with E-state index >= 15 is 0 Å². The first kappa shape index (κ1) is 24.3. The Morgan fingerprint density at radius 3 is 2.52 bits per heavy atom. The number of anilines is 4.